The molecule has 0 aliphatic carbocycles. The topological polar surface area (TPSA) is 49.3 Å². The number of thiazole rings is 1. The van der Waals surface area contributed by atoms with Crippen LogP contribution in [-0.2, 0) is 13.0 Å². The maximum Gasteiger partial charge on any atom is 0.265 e. The Balaban J connectivity index is 1.54. The van der Waals surface area contributed by atoms with Crippen LogP contribution in [-0.4, -0.2) is 51.9 Å². The molecule has 116 valence electrons. The van der Waals surface area contributed by atoms with Gasteiger partial charge in [0.05, 0.1) is 16.9 Å². The molecule has 3 heterocycles. The van der Waals surface area contributed by atoms with Gasteiger partial charge in [-0.3, -0.25) is 14.7 Å². The van der Waals surface area contributed by atoms with Gasteiger partial charge in [-0.15, -0.1) is 11.3 Å². The second-order valence-electron chi connectivity index (χ2n) is 5.36. The molecule has 5 nitrogen and oxygen atoms in total. The number of pyridine rings is 1. The molecule has 0 radical (unpaired) electrons. The molecule has 22 heavy (non-hydrogen) atoms. The van der Waals surface area contributed by atoms with E-state index in [1.54, 1.807) is 6.20 Å². The molecule has 0 unspecified atom stereocenters. The lowest BCUT2D eigenvalue weighted by Crippen LogP contribution is -2.48. The lowest BCUT2D eigenvalue weighted by Gasteiger charge is -2.34. The van der Waals surface area contributed by atoms with Crippen molar-refractivity contribution in [2.24, 2.45) is 0 Å². The standard InChI is InChI=1S/C16H20N4OS/c1-2-15-18-11-14(22-15)16(21)20-9-7-19(8-10-20)12-13-5-3-4-6-17-13/h3-6,11H,2,7-10,12H2,1H3. The van der Waals surface area contributed by atoms with Crippen LogP contribution < -0.4 is 0 Å². The summed E-state index contributed by atoms with van der Waals surface area (Å²) in [5.74, 6) is 0.120. The van der Waals surface area contributed by atoms with E-state index in [1.165, 1.54) is 11.3 Å². The van der Waals surface area contributed by atoms with Crippen molar-refractivity contribution >= 4 is 17.2 Å². The number of hydrogen-bond donors (Lipinski definition) is 0. The predicted octanol–water partition coefficient (Wildman–Crippen LogP) is 2.06. The molecule has 0 atom stereocenters. The first kappa shape index (κ1) is 15.1. The van der Waals surface area contributed by atoms with E-state index in [9.17, 15) is 4.79 Å². The Morgan fingerprint density at radius 3 is 2.68 bits per heavy atom. The Hall–Kier alpha value is -1.79. The van der Waals surface area contributed by atoms with Gasteiger partial charge in [-0.1, -0.05) is 13.0 Å². The van der Waals surface area contributed by atoms with Gasteiger partial charge in [-0.05, 0) is 18.6 Å². The van der Waals surface area contributed by atoms with Gasteiger partial charge in [-0.2, -0.15) is 0 Å². The number of nitrogens with zero attached hydrogens (tertiary/aromatic N) is 4. The second kappa shape index (κ2) is 6.98. The molecule has 1 amide bonds. The van der Waals surface area contributed by atoms with Gasteiger partial charge in [0, 0.05) is 38.9 Å². The maximum atomic E-state index is 12.5. The van der Waals surface area contributed by atoms with E-state index in [4.69, 9.17) is 0 Å². The zero-order valence-corrected chi connectivity index (χ0v) is 13.6. The Morgan fingerprint density at radius 2 is 2.05 bits per heavy atom. The normalized spacial score (nSPS) is 16.0. The third-order valence-electron chi connectivity index (χ3n) is 3.84. The largest absolute Gasteiger partial charge is 0.335 e. The van der Waals surface area contributed by atoms with E-state index in [-0.39, 0.29) is 5.91 Å². The minimum atomic E-state index is 0.120. The number of rotatable bonds is 4. The number of carbonyl (C=O) groups excluding carboxylic acids is 1. The number of piperazine rings is 1. The molecule has 1 aliphatic rings. The Morgan fingerprint density at radius 1 is 1.23 bits per heavy atom. The van der Waals surface area contributed by atoms with Crippen LogP contribution in [0, 0.1) is 0 Å². The van der Waals surface area contributed by atoms with E-state index in [1.807, 2.05) is 29.3 Å². The molecule has 2 aromatic rings. The number of aromatic nitrogens is 2. The fraction of sp³-hybridized carbons (Fsp3) is 0.438. The van der Waals surface area contributed by atoms with E-state index < -0.39 is 0 Å². The van der Waals surface area contributed by atoms with Crippen LogP contribution in [0.15, 0.2) is 30.6 Å². The van der Waals surface area contributed by atoms with E-state index in [2.05, 4.69) is 21.8 Å². The van der Waals surface area contributed by atoms with Crippen LogP contribution in [0.3, 0.4) is 0 Å². The highest BCUT2D eigenvalue weighted by atomic mass is 32.1. The van der Waals surface area contributed by atoms with Crippen molar-refractivity contribution in [3.8, 4) is 0 Å². The quantitative estimate of drug-likeness (QED) is 0.866. The summed E-state index contributed by atoms with van der Waals surface area (Å²) in [6, 6.07) is 5.98. The SMILES string of the molecule is CCc1ncc(C(=O)N2CCN(Cc3ccccn3)CC2)s1. The molecule has 2 aromatic heterocycles. The van der Waals surface area contributed by atoms with Crippen molar-refractivity contribution in [2.75, 3.05) is 26.2 Å². The number of amides is 1. The van der Waals surface area contributed by atoms with E-state index in [0.29, 0.717) is 0 Å². The third-order valence-corrected chi connectivity index (χ3v) is 4.97. The van der Waals surface area contributed by atoms with Gasteiger partial charge < -0.3 is 4.90 Å². The fourth-order valence-corrected chi connectivity index (χ4v) is 3.38. The summed E-state index contributed by atoms with van der Waals surface area (Å²) in [7, 11) is 0. The van der Waals surface area contributed by atoms with Crippen molar-refractivity contribution < 1.29 is 4.79 Å². The monoisotopic (exact) mass is 316 g/mol. The van der Waals surface area contributed by atoms with Gasteiger partial charge in [0.25, 0.3) is 5.91 Å². The summed E-state index contributed by atoms with van der Waals surface area (Å²) in [6.07, 6.45) is 4.42. The molecule has 1 saturated heterocycles. The zero-order valence-electron chi connectivity index (χ0n) is 12.7. The van der Waals surface area contributed by atoms with E-state index >= 15 is 0 Å². The van der Waals surface area contributed by atoms with Crippen LogP contribution >= 0.6 is 11.3 Å². The van der Waals surface area contributed by atoms with Gasteiger partial charge in [0.2, 0.25) is 0 Å². The molecular weight excluding hydrogens is 296 g/mol. The molecule has 0 spiro atoms. The average Bonchev–Trinajstić information content (AvgIpc) is 3.05. The molecule has 0 N–H and O–H groups in total. The number of hydrogen-bond acceptors (Lipinski definition) is 5. The highest BCUT2D eigenvalue weighted by Gasteiger charge is 2.23. The van der Waals surface area contributed by atoms with Crippen molar-refractivity contribution in [3.05, 3.63) is 46.2 Å². The Kier molecular flexibility index (Phi) is 4.80. The molecule has 3 rings (SSSR count). The van der Waals surface area contributed by atoms with Crippen molar-refractivity contribution in [3.63, 3.8) is 0 Å². The lowest BCUT2D eigenvalue weighted by molar-refractivity contribution is 0.0631. The molecule has 0 aromatic carbocycles. The second-order valence-corrected chi connectivity index (χ2v) is 6.48. The Bertz CT molecular complexity index is 620. The van der Waals surface area contributed by atoms with E-state index in [0.717, 1.165) is 54.7 Å². The van der Waals surface area contributed by atoms with Crippen LogP contribution in [0.1, 0.15) is 27.3 Å². The number of carbonyl (C=O) groups is 1. The predicted molar refractivity (Wildman–Crippen MR) is 86.9 cm³/mol. The van der Waals surface area contributed by atoms with Crippen molar-refractivity contribution in [2.45, 2.75) is 19.9 Å². The maximum absolute atomic E-state index is 12.5. The summed E-state index contributed by atoms with van der Waals surface area (Å²) in [5, 5.41) is 1.03. The highest BCUT2D eigenvalue weighted by molar-refractivity contribution is 7.13. The number of aryl methyl sites for hydroxylation is 1. The molecular formula is C16H20N4OS. The van der Waals surface area contributed by atoms with Crippen LogP contribution in [0.2, 0.25) is 0 Å². The van der Waals surface area contributed by atoms with Gasteiger partial charge in [0.1, 0.15) is 4.88 Å². The molecule has 0 saturated carbocycles. The smallest absolute Gasteiger partial charge is 0.265 e. The summed E-state index contributed by atoms with van der Waals surface area (Å²) in [5.41, 5.74) is 1.08. The first-order valence-corrected chi connectivity index (χ1v) is 8.44. The summed E-state index contributed by atoms with van der Waals surface area (Å²) >= 11 is 1.51. The summed E-state index contributed by atoms with van der Waals surface area (Å²) < 4.78 is 0. The van der Waals surface area contributed by atoms with Crippen LogP contribution in [0.25, 0.3) is 0 Å². The van der Waals surface area contributed by atoms with Gasteiger partial charge >= 0.3 is 0 Å². The summed E-state index contributed by atoms with van der Waals surface area (Å²) in [4.78, 5) is 26.1. The summed E-state index contributed by atoms with van der Waals surface area (Å²) in [6.45, 7) is 6.23. The van der Waals surface area contributed by atoms with Gasteiger partial charge in [0.15, 0.2) is 0 Å². The molecule has 6 heteroatoms. The first-order valence-electron chi connectivity index (χ1n) is 7.62. The third kappa shape index (κ3) is 3.51. The highest BCUT2D eigenvalue weighted by Crippen LogP contribution is 2.17. The molecule has 1 aliphatic heterocycles. The van der Waals surface area contributed by atoms with Crippen LogP contribution in [0.4, 0.5) is 0 Å². The average molecular weight is 316 g/mol. The van der Waals surface area contributed by atoms with Gasteiger partial charge in [-0.25, -0.2) is 4.98 Å². The molecule has 0 bridgehead atoms. The lowest BCUT2D eigenvalue weighted by atomic mass is 10.2. The first-order chi connectivity index (χ1) is 10.8. The minimum Gasteiger partial charge on any atom is -0.335 e. The fourth-order valence-electron chi connectivity index (χ4n) is 2.56. The zero-order chi connectivity index (χ0) is 15.4. The van der Waals surface area contributed by atoms with Crippen molar-refractivity contribution in [1.29, 1.82) is 0 Å². The van der Waals surface area contributed by atoms with Crippen molar-refractivity contribution in [1.82, 2.24) is 19.8 Å². The molecule has 1 fully saturated rings. The Labute approximate surface area is 134 Å². The minimum absolute atomic E-state index is 0.120. The van der Waals surface area contributed by atoms with Crippen LogP contribution in [0.5, 0.6) is 0 Å².